The van der Waals surface area contributed by atoms with Crippen LogP contribution in [-0.4, -0.2) is 41.3 Å². The Bertz CT molecular complexity index is 879. The number of halogens is 2. The van der Waals surface area contributed by atoms with Crippen LogP contribution in [0.3, 0.4) is 0 Å². The zero-order valence-corrected chi connectivity index (χ0v) is 15.8. The first kappa shape index (κ1) is 19.6. The summed E-state index contributed by atoms with van der Waals surface area (Å²) in [6.07, 6.45) is 1.56. The van der Waals surface area contributed by atoms with Crippen molar-refractivity contribution in [2.75, 3.05) is 19.7 Å². The molecule has 2 saturated heterocycles. The van der Waals surface area contributed by atoms with E-state index in [0.717, 1.165) is 19.5 Å². The van der Waals surface area contributed by atoms with E-state index in [2.05, 4.69) is 15.7 Å². The van der Waals surface area contributed by atoms with Crippen molar-refractivity contribution < 1.29 is 18.7 Å². The van der Waals surface area contributed by atoms with Gasteiger partial charge in [-0.3, -0.25) is 19.6 Å². The number of rotatable bonds is 4. The molecule has 0 radical (unpaired) electrons. The van der Waals surface area contributed by atoms with Gasteiger partial charge >= 0.3 is 0 Å². The molecule has 0 saturated carbocycles. The number of carbonyl (C=O) groups is 2. The van der Waals surface area contributed by atoms with E-state index in [9.17, 15) is 9.59 Å². The van der Waals surface area contributed by atoms with Gasteiger partial charge in [0.25, 0.3) is 0 Å². The number of amides is 2. The lowest BCUT2D eigenvalue weighted by atomic mass is 9.92. The maximum atomic E-state index is 15.2. The number of nitrogens with zero attached hydrogens (tertiary/aromatic N) is 2. The van der Waals surface area contributed by atoms with Crippen molar-refractivity contribution in [2.24, 2.45) is 13.0 Å². The number of nitrogens with one attached hydrogen (secondary N) is 2. The minimum Gasteiger partial charge on any atom is -0.490 e. The number of benzene rings is 1. The standard InChI is InChI=1S/C18H21FN4O3.ClH/c1-23-12-3-4-13(26-9-10-6-7-20-8-10)16(19)15(12)17(22-23)11-2-5-14(24)21-18(11)25;/h3-4,10-11,20H,2,5-9H2,1H3,(H,21,24,25);1H/t10-,11?;/m1./s1. The van der Waals surface area contributed by atoms with Crippen LogP contribution in [0.1, 0.15) is 30.9 Å². The summed E-state index contributed by atoms with van der Waals surface area (Å²) < 4.78 is 22.5. The number of ether oxygens (including phenoxy) is 1. The van der Waals surface area contributed by atoms with Gasteiger partial charge in [-0.2, -0.15) is 5.10 Å². The zero-order valence-electron chi connectivity index (χ0n) is 15.0. The van der Waals surface area contributed by atoms with Crippen LogP contribution in [0.25, 0.3) is 10.9 Å². The Morgan fingerprint density at radius 2 is 2.15 bits per heavy atom. The van der Waals surface area contributed by atoms with Gasteiger partial charge in [0, 0.05) is 25.9 Å². The molecule has 2 N–H and O–H groups in total. The lowest BCUT2D eigenvalue weighted by Crippen LogP contribution is -2.39. The lowest BCUT2D eigenvalue weighted by Gasteiger charge is -2.19. The summed E-state index contributed by atoms with van der Waals surface area (Å²) in [6, 6.07) is 3.36. The normalized spacial score (nSPS) is 22.6. The van der Waals surface area contributed by atoms with Crippen molar-refractivity contribution in [3.63, 3.8) is 0 Å². The molecule has 0 spiro atoms. The first-order chi connectivity index (χ1) is 12.5. The maximum absolute atomic E-state index is 15.2. The second-order valence-electron chi connectivity index (χ2n) is 6.95. The number of hydrogen-bond acceptors (Lipinski definition) is 5. The number of fused-ring (bicyclic) bond motifs is 1. The third-order valence-electron chi connectivity index (χ3n) is 5.15. The Kier molecular flexibility index (Phi) is 5.67. The van der Waals surface area contributed by atoms with Gasteiger partial charge in [0.05, 0.1) is 29.1 Å². The quantitative estimate of drug-likeness (QED) is 0.767. The van der Waals surface area contributed by atoms with Crippen LogP contribution in [0.4, 0.5) is 4.39 Å². The van der Waals surface area contributed by atoms with Gasteiger partial charge in [0.15, 0.2) is 11.6 Å². The minimum atomic E-state index is -0.639. The number of carbonyl (C=O) groups excluding carboxylic acids is 2. The van der Waals surface area contributed by atoms with E-state index in [0.29, 0.717) is 35.5 Å². The molecule has 2 amide bonds. The van der Waals surface area contributed by atoms with E-state index in [1.165, 1.54) is 0 Å². The Morgan fingerprint density at radius 3 is 2.85 bits per heavy atom. The summed E-state index contributed by atoms with van der Waals surface area (Å²) in [5, 5.41) is 10.2. The van der Waals surface area contributed by atoms with Crippen LogP contribution >= 0.6 is 12.4 Å². The molecule has 2 aliphatic rings. The zero-order chi connectivity index (χ0) is 18.3. The number of aromatic nitrogens is 2. The summed E-state index contributed by atoms with van der Waals surface area (Å²) >= 11 is 0. The van der Waals surface area contributed by atoms with Gasteiger partial charge in [-0.25, -0.2) is 4.39 Å². The molecule has 2 aliphatic heterocycles. The Morgan fingerprint density at radius 1 is 1.33 bits per heavy atom. The molecule has 146 valence electrons. The van der Waals surface area contributed by atoms with Gasteiger partial charge in [0.1, 0.15) is 0 Å². The molecule has 1 aromatic heterocycles. The largest absolute Gasteiger partial charge is 0.490 e. The van der Waals surface area contributed by atoms with Crippen molar-refractivity contribution in [3.05, 3.63) is 23.6 Å². The van der Waals surface area contributed by atoms with Crippen molar-refractivity contribution >= 4 is 35.1 Å². The van der Waals surface area contributed by atoms with Crippen molar-refractivity contribution in [1.29, 1.82) is 0 Å². The lowest BCUT2D eigenvalue weighted by molar-refractivity contribution is -0.134. The van der Waals surface area contributed by atoms with Crippen LogP contribution in [0.5, 0.6) is 5.75 Å². The summed E-state index contributed by atoms with van der Waals surface area (Å²) in [4.78, 5) is 23.6. The summed E-state index contributed by atoms with van der Waals surface area (Å²) in [5.74, 6) is -1.33. The molecule has 0 aliphatic carbocycles. The predicted molar refractivity (Wildman–Crippen MR) is 99.5 cm³/mol. The Labute approximate surface area is 162 Å². The van der Waals surface area contributed by atoms with Crippen molar-refractivity contribution in [1.82, 2.24) is 20.4 Å². The fourth-order valence-corrected chi connectivity index (χ4v) is 3.70. The van der Waals surface area contributed by atoms with E-state index < -0.39 is 17.6 Å². The second kappa shape index (κ2) is 7.82. The predicted octanol–water partition coefficient (Wildman–Crippen LogP) is 1.64. The summed E-state index contributed by atoms with van der Waals surface area (Å²) in [5.41, 5.74) is 0.954. The average Bonchev–Trinajstić information content (AvgIpc) is 3.23. The molecule has 27 heavy (non-hydrogen) atoms. The summed E-state index contributed by atoms with van der Waals surface area (Å²) in [6.45, 7) is 2.28. The number of hydrogen-bond donors (Lipinski definition) is 2. The molecular formula is C18H22ClFN4O3. The molecule has 2 aromatic rings. The van der Waals surface area contributed by atoms with Crippen molar-refractivity contribution in [3.8, 4) is 5.75 Å². The topological polar surface area (TPSA) is 85.2 Å². The average molecular weight is 397 g/mol. The molecule has 3 heterocycles. The number of aryl methyl sites for hydroxylation is 1. The summed E-state index contributed by atoms with van der Waals surface area (Å²) in [7, 11) is 1.71. The monoisotopic (exact) mass is 396 g/mol. The third-order valence-corrected chi connectivity index (χ3v) is 5.15. The molecule has 9 heteroatoms. The smallest absolute Gasteiger partial charge is 0.235 e. The highest BCUT2D eigenvalue weighted by atomic mass is 35.5. The highest BCUT2D eigenvalue weighted by Crippen LogP contribution is 2.35. The van der Waals surface area contributed by atoms with E-state index in [-0.39, 0.29) is 30.5 Å². The fraction of sp³-hybridized carbons (Fsp3) is 0.500. The van der Waals surface area contributed by atoms with Crippen LogP contribution < -0.4 is 15.4 Å². The first-order valence-corrected chi connectivity index (χ1v) is 8.87. The van der Waals surface area contributed by atoms with E-state index in [1.807, 2.05) is 0 Å². The van der Waals surface area contributed by atoms with Crippen LogP contribution in [0, 0.1) is 11.7 Å². The van der Waals surface area contributed by atoms with Crippen LogP contribution in [0.15, 0.2) is 12.1 Å². The van der Waals surface area contributed by atoms with Gasteiger partial charge in [0.2, 0.25) is 11.8 Å². The molecule has 0 bridgehead atoms. The SMILES string of the molecule is Cl.Cn1nc(C2CCC(=O)NC2=O)c2c(F)c(OC[C@@H]3CCNC3)ccc21. The van der Waals surface area contributed by atoms with E-state index >= 15 is 4.39 Å². The highest BCUT2D eigenvalue weighted by Gasteiger charge is 2.33. The van der Waals surface area contributed by atoms with Crippen molar-refractivity contribution in [2.45, 2.75) is 25.2 Å². The highest BCUT2D eigenvalue weighted by molar-refractivity contribution is 6.02. The molecule has 2 atom stereocenters. The third kappa shape index (κ3) is 3.64. The first-order valence-electron chi connectivity index (χ1n) is 8.87. The molecule has 7 nitrogen and oxygen atoms in total. The number of piperidine rings is 1. The van der Waals surface area contributed by atoms with E-state index in [4.69, 9.17) is 4.74 Å². The van der Waals surface area contributed by atoms with Gasteiger partial charge in [-0.05, 0) is 31.5 Å². The molecule has 1 aromatic carbocycles. The molecule has 1 unspecified atom stereocenters. The Hall–Kier alpha value is -2.19. The maximum Gasteiger partial charge on any atom is 0.235 e. The van der Waals surface area contributed by atoms with E-state index in [1.54, 1.807) is 23.9 Å². The number of imide groups is 1. The Balaban J connectivity index is 0.00000210. The molecule has 4 rings (SSSR count). The van der Waals surface area contributed by atoms with Gasteiger partial charge < -0.3 is 10.1 Å². The van der Waals surface area contributed by atoms with Gasteiger partial charge in [-0.1, -0.05) is 0 Å². The molecular weight excluding hydrogens is 375 g/mol. The second-order valence-corrected chi connectivity index (χ2v) is 6.95. The van der Waals surface area contributed by atoms with Crippen LogP contribution in [0.2, 0.25) is 0 Å². The fourth-order valence-electron chi connectivity index (χ4n) is 3.70. The van der Waals surface area contributed by atoms with Gasteiger partial charge in [-0.15, -0.1) is 12.4 Å². The molecule has 2 fully saturated rings. The minimum absolute atomic E-state index is 0. The van der Waals surface area contributed by atoms with Crippen LogP contribution in [-0.2, 0) is 16.6 Å².